The molecule has 0 bridgehead atoms. The molecule has 0 aliphatic heterocycles. The average Bonchev–Trinajstić information content (AvgIpc) is 2.35. The number of anilines is 1. The first kappa shape index (κ1) is 15.4. The van der Waals surface area contributed by atoms with Crippen molar-refractivity contribution < 1.29 is 9.59 Å². The molecule has 1 aromatic rings. The first-order valence-electron chi connectivity index (χ1n) is 6.44. The van der Waals surface area contributed by atoms with Crippen LogP contribution < -0.4 is 10.6 Å². The molecule has 1 rings (SSSR count). The summed E-state index contributed by atoms with van der Waals surface area (Å²) in [5.41, 5.74) is 0.990. The zero-order valence-electron chi connectivity index (χ0n) is 12.0. The third-order valence-corrected chi connectivity index (χ3v) is 2.71. The standard InChI is InChI=1S/C15H22N2O2/c1-15(2,3)14(19)11-5-7-12(8-6-11)17-13(18)9-10-16-4/h5-8,16H,9-10H2,1-4H3,(H,17,18). The fourth-order valence-electron chi connectivity index (χ4n) is 1.60. The van der Waals surface area contributed by atoms with E-state index >= 15 is 0 Å². The summed E-state index contributed by atoms with van der Waals surface area (Å²) in [6, 6.07) is 7.02. The molecule has 0 saturated heterocycles. The highest BCUT2D eigenvalue weighted by Crippen LogP contribution is 2.21. The van der Waals surface area contributed by atoms with Gasteiger partial charge in [-0.3, -0.25) is 9.59 Å². The van der Waals surface area contributed by atoms with Gasteiger partial charge in [0.05, 0.1) is 0 Å². The second-order valence-electron chi connectivity index (χ2n) is 5.56. The van der Waals surface area contributed by atoms with Crippen LogP contribution in [0.15, 0.2) is 24.3 Å². The molecular formula is C15H22N2O2. The van der Waals surface area contributed by atoms with Crippen LogP contribution in [0.2, 0.25) is 0 Å². The molecule has 0 radical (unpaired) electrons. The van der Waals surface area contributed by atoms with Gasteiger partial charge in [0.1, 0.15) is 0 Å². The zero-order valence-corrected chi connectivity index (χ0v) is 12.0. The van der Waals surface area contributed by atoms with Crippen LogP contribution in [0.1, 0.15) is 37.6 Å². The Morgan fingerprint density at radius 2 is 1.68 bits per heavy atom. The Hall–Kier alpha value is -1.68. The highest BCUT2D eigenvalue weighted by atomic mass is 16.1. The van der Waals surface area contributed by atoms with Gasteiger partial charge in [-0.05, 0) is 31.3 Å². The molecule has 2 N–H and O–H groups in total. The van der Waals surface area contributed by atoms with E-state index in [1.807, 2.05) is 20.8 Å². The summed E-state index contributed by atoms with van der Waals surface area (Å²) in [6.45, 7) is 6.32. The van der Waals surface area contributed by atoms with E-state index in [0.29, 0.717) is 24.2 Å². The number of nitrogens with one attached hydrogen (secondary N) is 2. The molecule has 0 spiro atoms. The quantitative estimate of drug-likeness (QED) is 0.801. The summed E-state index contributed by atoms with van der Waals surface area (Å²) in [6.07, 6.45) is 0.430. The minimum absolute atomic E-state index is 0.0377. The fraction of sp³-hybridized carbons (Fsp3) is 0.467. The van der Waals surface area contributed by atoms with E-state index in [1.165, 1.54) is 0 Å². The Labute approximate surface area is 114 Å². The Morgan fingerprint density at radius 1 is 1.11 bits per heavy atom. The van der Waals surface area contributed by atoms with E-state index in [9.17, 15) is 9.59 Å². The van der Waals surface area contributed by atoms with Crippen molar-refractivity contribution >= 4 is 17.4 Å². The summed E-state index contributed by atoms with van der Waals surface area (Å²) >= 11 is 0. The SMILES string of the molecule is CNCCC(=O)Nc1ccc(C(=O)C(C)(C)C)cc1. The largest absolute Gasteiger partial charge is 0.326 e. The lowest BCUT2D eigenvalue weighted by Crippen LogP contribution is -2.20. The van der Waals surface area contributed by atoms with Crippen LogP contribution in [0.3, 0.4) is 0 Å². The van der Waals surface area contributed by atoms with Crippen LogP contribution in [0.5, 0.6) is 0 Å². The second-order valence-corrected chi connectivity index (χ2v) is 5.56. The van der Waals surface area contributed by atoms with Gasteiger partial charge < -0.3 is 10.6 Å². The molecule has 0 atom stereocenters. The Kier molecular flexibility index (Phi) is 5.24. The molecule has 0 aliphatic rings. The summed E-state index contributed by atoms with van der Waals surface area (Å²) in [4.78, 5) is 23.6. The van der Waals surface area contributed by atoms with Crippen molar-refractivity contribution in [2.45, 2.75) is 27.2 Å². The van der Waals surface area contributed by atoms with Crippen molar-refractivity contribution in [1.82, 2.24) is 5.32 Å². The Bertz CT molecular complexity index is 444. The van der Waals surface area contributed by atoms with E-state index < -0.39 is 5.41 Å². The molecule has 0 aromatic heterocycles. The van der Waals surface area contributed by atoms with Crippen molar-refractivity contribution in [3.8, 4) is 0 Å². The molecule has 104 valence electrons. The summed E-state index contributed by atoms with van der Waals surface area (Å²) in [5, 5.41) is 5.71. The number of rotatable bonds is 5. The lowest BCUT2D eigenvalue weighted by molar-refractivity contribution is -0.116. The van der Waals surface area contributed by atoms with Gasteiger partial charge in [0, 0.05) is 29.6 Å². The van der Waals surface area contributed by atoms with Crippen molar-refractivity contribution in [1.29, 1.82) is 0 Å². The molecule has 0 saturated carbocycles. The number of carbonyl (C=O) groups is 2. The van der Waals surface area contributed by atoms with Gasteiger partial charge >= 0.3 is 0 Å². The molecule has 4 nitrogen and oxygen atoms in total. The maximum absolute atomic E-state index is 12.0. The maximum Gasteiger partial charge on any atom is 0.225 e. The monoisotopic (exact) mass is 262 g/mol. The molecular weight excluding hydrogens is 240 g/mol. The van der Waals surface area contributed by atoms with Gasteiger partial charge in [-0.2, -0.15) is 0 Å². The molecule has 1 aromatic carbocycles. The number of hydrogen-bond acceptors (Lipinski definition) is 3. The van der Waals surface area contributed by atoms with Gasteiger partial charge in [0.15, 0.2) is 5.78 Å². The van der Waals surface area contributed by atoms with Crippen LogP contribution in [0.25, 0.3) is 0 Å². The van der Waals surface area contributed by atoms with Crippen LogP contribution in [-0.2, 0) is 4.79 Å². The van der Waals surface area contributed by atoms with Crippen molar-refractivity contribution in [3.05, 3.63) is 29.8 Å². The number of Topliss-reactive ketones (excluding diaryl/α,β-unsaturated/α-hetero) is 1. The molecule has 1 amide bonds. The minimum Gasteiger partial charge on any atom is -0.326 e. The van der Waals surface area contributed by atoms with Gasteiger partial charge in [0.2, 0.25) is 5.91 Å². The smallest absolute Gasteiger partial charge is 0.225 e. The predicted molar refractivity (Wildman–Crippen MR) is 77.4 cm³/mol. The van der Waals surface area contributed by atoms with E-state index in [-0.39, 0.29) is 11.7 Å². The van der Waals surface area contributed by atoms with E-state index in [0.717, 1.165) is 0 Å². The normalized spacial score (nSPS) is 11.2. The van der Waals surface area contributed by atoms with Crippen molar-refractivity contribution in [2.75, 3.05) is 18.9 Å². The Morgan fingerprint density at radius 3 is 2.16 bits per heavy atom. The Balaban J connectivity index is 2.67. The molecule has 19 heavy (non-hydrogen) atoms. The van der Waals surface area contributed by atoms with Crippen molar-refractivity contribution in [2.24, 2.45) is 5.41 Å². The maximum atomic E-state index is 12.0. The second kappa shape index (κ2) is 6.48. The third kappa shape index (κ3) is 4.83. The van der Waals surface area contributed by atoms with E-state index in [4.69, 9.17) is 0 Å². The molecule has 4 heteroatoms. The third-order valence-electron chi connectivity index (χ3n) is 2.71. The fourth-order valence-corrected chi connectivity index (χ4v) is 1.60. The van der Waals surface area contributed by atoms with Crippen LogP contribution in [0, 0.1) is 5.41 Å². The van der Waals surface area contributed by atoms with E-state index in [1.54, 1.807) is 31.3 Å². The topological polar surface area (TPSA) is 58.2 Å². The van der Waals surface area contributed by atoms with Crippen molar-refractivity contribution in [3.63, 3.8) is 0 Å². The highest BCUT2D eigenvalue weighted by Gasteiger charge is 2.22. The minimum atomic E-state index is -0.391. The van der Waals surface area contributed by atoms with Crippen LogP contribution in [0.4, 0.5) is 5.69 Å². The summed E-state index contributed by atoms with van der Waals surface area (Å²) in [7, 11) is 1.81. The summed E-state index contributed by atoms with van der Waals surface area (Å²) in [5.74, 6) is 0.0600. The first-order chi connectivity index (χ1) is 8.84. The average molecular weight is 262 g/mol. The number of carbonyl (C=O) groups excluding carboxylic acids is 2. The number of hydrogen-bond donors (Lipinski definition) is 2. The highest BCUT2D eigenvalue weighted by molar-refractivity contribution is 6.00. The van der Waals surface area contributed by atoms with Gasteiger partial charge in [0.25, 0.3) is 0 Å². The lowest BCUT2D eigenvalue weighted by atomic mass is 9.86. The molecule has 0 fully saturated rings. The lowest BCUT2D eigenvalue weighted by Gasteiger charge is -2.16. The zero-order chi connectivity index (χ0) is 14.5. The van der Waals surface area contributed by atoms with Gasteiger partial charge in [-0.1, -0.05) is 20.8 Å². The summed E-state index contributed by atoms with van der Waals surface area (Å²) < 4.78 is 0. The molecule has 0 heterocycles. The van der Waals surface area contributed by atoms with Gasteiger partial charge in [-0.25, -0.2) is 0 Å². The van der Waals surface area contributed by atoms with E-state index in [2.05, 4.69) is 10.6 Å². The van der Waals surface area contributed by atoms with Crippen LogP contribution >= 0.6 is 0 Å². The molecule has 0 unspecified atom stereocenters. The molecule has 0 aliphatic carbocycles. The predicted octanol–water partition coefficient (Wildman–Crippen LogP) is 2.46. The number of amides is 1. The number of ketones is 1. The first-order valence-corrected chi connectivity index (χ1v) is 6.44. The number of benzene rings is 1. The van der Waals surface area contributed by atoms with Crippen LogP contribution in [-0.4, -0.2) is 25.3 Å². The van der Waals surface area contributed by atoms with Gasteiger partial charge in [-0.15, -0.1) is 0 Å².